The molecule has 3 amide bonds. The first kappa shape index (κ1) is 17.6. The SMILES string of the molecule is CCOC(=O)CSc1[nH]c(NC(C)=O)c(C(N)=O)c1C(N)=O. The van der Waals surface area contributed by atoms with E-state index >= 15 is 0 Å². The lowest BCUT2D eigenvalue weighted by atomic mass is 10.1. The molecular weight excluding hydrogens is 312 g/mol. The minimum atomic E-state index is -0.934. The first-order valence-corrected chi connectivity index (χ1v) is 7.18. The Morgan fingerprint density at radius 1 is 1.18 bits per heavy atom. The molecule has 1 aromatic rings. The van der Waals surface area contributed by atoms with Gasteiger partial charge in [-0.15, -0.1) is 0 Å². The number of ether oxygens (including phenoxy) is 1. The molecule has 6 N–H and O–H groups in total. The van der Waals surface area contributed by atoms with Gasteiger partial charge in [-0.05, 0) is 6.92 Å². The molecule has 0 radical (unpaired) electrons. The number of rotatable bonds is 7. The predicted molar refractivity (Wildman–Crippen MR) is 79.5 cm³/mol. The lowest BCUT2D eigenvalue weighted by molar-refractivity contribution is -0.139. The van der Waals surface area contributed by atoms with Gasteiger partial charge in [0.15, 0.2) is 0 Å². The Labute approximate surface area is 130 Å². The second-order valence-corrected chi connectivity index (χ2v) is 5.07. The number of esters is 1. The van der Waals surface area contributed by atoms with Crippen LogP contribution < -0.4 is 16.8 Å². The number of carbonyl (C=O) groups is 4. The fourth-order valence-electron chi connectivity index (χ4n) is 1.67. The van der Waals surface area contributed by atoms with Crippen LogP contribution in [0.3, 0.4) is 0 Å². The van der Waals surface area contributed by atoms with Crippen molar-refractivity contribution >= 4 is 41.3 Å². The number of thioether (sulfide) groups is 1. The highest BCUT2D eigenvalue weighted by atomic mass is 32.2. The summed E-state index contributed by atoms with van der Waals surface area (Å²) in [7, 11) is 0. The Kier molecular flexibility index (Phi) is 5.99. The van der Waals surface area contributed by atoms with Crippen molar-refractivity contribution in [3.05, 3.63) is 11.1 Å². The molecule has 0 saturated heterocycles. The first-order chi connectivity index (χ1) is 10.3. The van der Waals surface area contributed by atoms with E-state index in [0.717, 1.165) is 11.8 Å². The van der Waals surface area contributed by atoms with Crippen molar-refractivity contribution < 1.29 is 23.9 Å². The zero-order valence-corrected chi connectivity index (χ0v) is 12.8. The molecule has 0 bridgehead atoms. The average Bonchev–Trinajstić information content (AvgIpc) is 2.74. The van der Waals surface area contributed by atoms with Crippen LogP contribution in [0.25, 0.3) is 0 Å². The fraction of sp³-hybridized carbons (Fsp3) is 0.333. The highest BCUT2D eigenvalue weighted by Gasteiger charge is 2.26. The number of nitrogens with two attached hydrogens (primary N) is 2. The summed E-state index contributed by atoms with van der Waals surface area (Å²) >= 11 is 0.913. The van der Waals surface area contributed by atoms with E-state index in [9.17, 15) is 19.2 Å². The van der Waals surface area contributed by atoms with Gasteiger partial charge in [0.25, 0.3) is 11.8 Å². The average molecular weight is 328 g/mol. The Bertz CT molecular complexity index is 625. The summed E-state index contributed by atoms with van der Waals surface area (Å²) in [5.41, 5.74) is 10.1. The predicted octanol–water partition coefficient (Wildman–Crippen LogP) is -0.174. The summed E-state index contributed by atoms with van der Waals surface area (Å²) in [6.45, 7) is 3.10. The summed E-state index contributed by atoms with van der Waals surface area (Å²) in [4.78, 5) is 48.3. The third kappa shape index (κ3) is 4.25. The molecule has 120 valence electrons. The van der Waals surface area contributed by atoms with E-state index in [0.29, 0.717) is 0 Å². The monoisotopic (exact) mass is 328 g/mol. The molecule has 1 rings (SSSR count). The Hall–Kier alpha value is -2.49. The van der Waals surface area contributed by atoms with E-state index in [4.69, 9.17) is 16.2 Å². The number of amides is 3. The molecule has 0 fully saturated rings. The van der Waals surface area contributed by atoms with Crippen molar-refractivity contribution in [2.45, 2.75) is 18.9 Å². The van der Waals surface area contributed by atoms with E-state index in [1.807, 2.05) is 0 Å². The van der Waals surface area contributed by atoms with E-state index in [1.54, 1.807) is 6.92 Å². The number of H-pyrrole nitrogens is 1. The van der Waals surface area contributed by atoms with Gasteiger partial charge in [-0.3, -0.25) is 19.2 Å². The topological polar surface area (TPSA) is 157 Å². The zero-order valence-electron chi connectivity index (χ0n) is 12.0. The van der Waals surface area contributed by atoms with Crippen LogP contribution in [0.15, 0.2) is 5.03 Å². The van der Waals surface area contributed by atoms with Crippen LogP contribution in [-0.4, -0.2) is 41.0 Å². The van der Waals surface area contributed by atoms with Crippen molar-refractivity contribution in [2.75, 3.05) is 17.7 Å². The third-order valence-electron chi connectivity index (χ3n) is 2.40. The van der Waals surface area contributed by atoms with Gasteiger partial charge in [-0.25, -0.2) is 0 Å². The maximum Gasteiger partial charge on any atom is 0.316 e. The maximum atomic E-state index is 11.6. The van der Waals surface area contributed by atoms with Gasteiger partial charge in [0.05, 0.1) is 28.5 Å². The Balaban J connectivity index is 3.20. The molecule has 1 heterocycles. The van der Waals surface area contributed by atoms with E-state index in [-0.39, 0.29) is 34.3 Å². The summed E-state index contributed by atoms with van der Waals surface area (Å²) in [5.74, 6) is -2.96. The third-order valence-corrected chi connectivity index (χ3v) is 3.37. The molecule has 0 aliphatic carbocycles. The molecule has 0 saturated carbocycles. The first-order valence-electron chi connectivity index (χ1n) is 6.19. The van der Waals surface area contributed by atoms with Crippen molar-refractivity contribution in [3.8, 4) is 0 Å². The van der Waals surface area contributed by atoms with Gasteiger partial charge in [-0.2, -0.15) is 0 Å². The number of primary amides is 2. The van der Waals surface area contributed by atoms with E-state index in [2.05, 4.69) is 10.3 Å². The number of aromatic nitrogens is 1. The minimum absolute atomic E-state index is 0.0415. The van der Waals surface area contributed by atoms with Crippen molar-refractivity contribution in [2.24, 2.45) is 11.5 Å². The van der Waals surface area contributed by atoms with Gasteiger partial charge >= 0.3 is 5.97 Å². The van der Waals surface area contributed by atoms with Crippen LogP contribution in [0.2, 0.25) is 0 Å². The minimum Gasteiger partial charge on any atom is -0.465 e. The van der Waals surface area contributed by atoms with Crippen molar-refractivity contribution in [1.82, 2.24) is 4.98 Å². The number of carbonyl (C=O) groups excluding carboxylic acids is 4. The smallest absolute Gasteiger partial charge is 0.316 e. The molecule has 0 unspecified atom stereocenters. The molecule has 0 atom stereocenters. The second-order valence-electron chi connectivity index (χ2n) is 4.08. The van der Waals surface area contributed by atoms with Gasteiger partial charge in [0.1, 0.15) is 5.82 Å². The number of nitrogens with one attached hydrogen (secondary N) is 2. The Morgan fingerprint density at radius 3 is 2.23 bits per heavy atom. The number of hydrogen-bond acceptors (Lipinski definition) is 6. The highest BCUT2D eigenvalue weighted by molar-refractivity contribution is 8.00. The number of anilines is 1. The van der Waals surface area contributed by atoms with Crippen LogP contribution >= 0.6 is 11.8 Å². The lowest BCUT2D eigenvalue weighted by Crippen LogP contribution is -2.21. The quantitative estimate of drug-likeness (QED) is 0.402. The highest BCUT2D eigenvalue weighted by Crippen LogP contribution is 2.30. The zero-order chi connectivity index (χ0) is 16.9. The largest absolute Gasteiger partial charge is 0.465 e. The van der Waals surface area contributed by atoms with Gasteiger partial charge in [0, 0.05) is 6.92 Å². The molecular formula is C12H16N4O5S. The van der Waals surface area contributed by atoms with E-state index in [1.165, 1.54) is 6.92 Å². The molecule has 0 aromatic carbocycles. The Morgan fingerprint density at radius 2 is 1.77 bits per heavy atom. The lowest BCUT2D eigenvalue weighted by Gasteiger charge is -2.02. The molecule has 9 nitrogen and oxygen atoms in total. The molecule has 0 aliphatic rings. The van der Waals surface area contributed by atoms with Gasteiger partial charge in [-0.1, -0.05) is 11.8 Å². The van der Waals surface area contributed by atoms with Crippen LogP contribution in [-0.2, 0) is 14.3 Å². The van der Waals surface area contributed by atoms with Crippen molar-refractivity contribution in [1.29, 1.82) is 0 Å². The molecule has 0 aliphatic heterocycles. The van der Waals surface area contributed by atoms with E-state index < -0.39 is 23.7 Å². The van der Waals surface area contributed by atoms with Crippen LogP contribution in [0.1, 0.15) is 34.6 Å². The molecule has 0 spiro atoms. The van der Waals surface area contributed by atoms with Crippen LogP contribution in [0.4, 0.5) is 5.82 Å². The standard InChI is InChI=1S/C12H16N4O5S/c1-3-21-6(18)4-22-12-8(10(14)20)7(9(13)19)11(16-12)15-5(2)17/h16H,3-4H2,1-2H3,(H2,13,19)(H2,14,20)(H,15,17). The molecule has 22 heavy (non-hydrogen) atoms. The fourth-order valence-corrected chi connectivity index (χ4v) is 2.54. The second kappa shape index (κ2) is 7.50. The summed E-state index contributed by atoms with van der Waals surface area (Å²) in [5, 5.41) is 2.50. The van der Waals surface area contributed by atoms with Crippen molar-refractivity contribution in [3.63, 3.8) is 0 Å². The number of hydrogen-bond donors (Lipinski definition) is 4. The summed E-state index contributed by atoms with van der Waals surface area (Å²) in [6, 6.07) is 0. The number of aromatic amines is 1. The summed E-state index contributed by atoms with van der Waals surface area (Å²) in [6.07, 6.45) is 0. The van der Waals surface area contributed by atoms with Gasteiger partial charge in [0.2, 0.25) is 5.91 Å². The maximum absolute atomic E-state index is 11.6. The summed E-state index contributed by atoms with van der Waals surface area (Å²) < 4.78 is 4.76. The molecule has 10 heteroatoms. The molecule has 1 aromatic heterocycles. The normalized spacial score (nSPS) is 10.1. The van der Waals surface area contributed by atoms with Crippen LogP contribution in [0, 0.1) is 0 Å². The van der Waals surface area contributed by atoms with Crippen LogP contribution in [0.5, 0.6) is 0 Å². The van der Waals surface area contributed by atoms with Gasteiger partial charge < -0.3 is 26.5 Å².